The summed E-state index contributed by atoms with van der Waals surface area (Å²) in [5, 5.41) is 13.4. The van der Waals surface area contributed by atoms with Gasteiger partial charge < -0.3 is 0 Å². The minimum atomic E-state index is -0.378. The van der Waals surface area contributed by atoms with E-state index in [2.05, 4.69) is 24.4 Å². The second-order valence-corrected chi connectivity index (χ2v) is 6.74. The summed E-state index contributed by atoms with van der Waals surface area (Å²) < 4.78 is 0. The Balaban J connectivity index is 2.22. The van der Waals surface area contributed by atoms with Crippen LogP contribution in [0.2, 0.25) is 5.02 Å². The van der Waals surface area contributed by atoms with Gasteiger partial charge in [-0.05, 0) is 63.1 Å². The highest BCUT2D eigenvalue weighted by molar-refractivity contribution is 7.99. The molecular formula is C16H23ClN2S. The van der Waals surface area contributed by atoms with Crippen molar-refractivity contribution in [3.05, 3.63) is 29.3 Å². The van der Waals surface area contributed by atoms with Gasteiger partial charge in [0.05, 0.1) is 6.07 Å². The van der Waals surface area contributed by atoms with Crippen molar-refractivity contribution in [3.8, 4) is 6.07 Å². The highest BCUT2D eigenvalue weighted by atomic mass is 35.5. The van der Waals surface area contributed by atoms with Crippen LogP contribution >= 0.6 is 23.4 Å². The molecule has 4 heteroatoms. The minimum Gasteiger partial charge on any atom is -0.300 e. The van der Waals surface area contributed by atoms with Gasteiger partial charge in [-0.1, -0.05) is 24.6 Å². The molecule has 0 amide bonds. The van der Waals surface area contributed by atoms with E-state index in [1.165, 1.54) is 4.90 Å². The number of hydrogen-bond donors (Lipinski definition) is 1. The summed E-state index contributed by atoms with van der Waals surface area (Å²) in [6.07, 6.45) is 4.14. The molecule has 2 nitrogen and oxygen atoms in total. The summed E-state index contributed by atoms with van der Waals surface area (Å²) in [6, 6.07) is 10.3. The Labute approximate surface area is 131 Å². The smallest absolute Gasteiger partial charge is 0.103 e. The van der Waals surface area contributed by atoms with Crippen LogP contribution in [0.5, 0.6) is 0 Å². The molecule has 0 bridgehead atoms. The van der Waals surface area contributed by atoms with E-state index in [1.807, 2.05) is 36.9 Å². The lowest BCUT2D eigenvalue weighted by Gasteiger charge is -2.22. The molecule has 1 aromatic rings. The lowest BCUT2D eigenvalue weighted by molar-refractivity contribution is 0.406. The van der Waals surface area contributed by atoms with Gasteiger partial charge in [0.1, 0.15) is 5.54 Å². The van der Waals surface area contributed by atoms with E-state index >= 15 is 0 Å². The zero-order valence-corrected chi connectivity index (χ0v) is 13.9. The quantitative estimate of drug-likeness (QED) is 0.521. The molecule has 0 fully saturated rings. The second-order valence-electron chi connectivity index (χ2n) is 5.13. The summed E-state index contributed by atoms with van der Waals surface area (Å²) in [5.41, 5.74) is -0.378. The van der Waals surface area contributed by atoms with Crippen molar-refractivity contribution in [2.24, 2.45) is 0 Å². The largest absolute Gasteiger partial charge is 0.300 e. The van der Waals surface area contributed by atoms with Crippen LogP contribution < -0.4 is 5.32 Å². The van der Waals surface area contributed by atoms with Crippen LogP contribution in [0.15, 0.2) is 29.2 Å². The number of nitrogens with one attached hydrogen (secondary N) is 1. The molecular weight excluding hydrogens is 288 g/mol. The van der Waals surface area contributed by atoms with Crippen LogP contribution in [-0.2, 0) is 0 Å². The second kappa shape index (κ2) is 9.28. The summed E-state index contributed by atoms with van der Waals surface area (Å²) in [5.74, 6) is 1.07. The number of benzene rings is 1. The Morgan fingerprint density at radius 2 is 2.20 bits per heavy atom. The van der Waals surface area contributed by atoms with E-state index in [0.717, 1.165) is 43.0 Å². The van der Waals surface area contributed by atoms with Crippen LogP contribution in [-0.4, -0.2) is 17.8 Å². The first-order valence-electron chi connectivity index (χ1n) is 7.14. The molecule has 0 saturated carbocycles. The lowest BCUT2D eigenvalue weighted by atomic mass is 9.96. The predicted octanol–water partition coefficient (Wildman–Crippen LogP) is 4.88. The van der Waals surface area contributed by atoms with E-state index in [4.69, 9.17) is 11.6 Å². The third kappa shape index (κ3) is 6.65. The van der Waals surface area contributed by atoms with E-state index < -0.39 is 0 Å². The highest BCUT2D eigenvalue weighted by Crippen LogP contribution is 2.23. The van der Waals surface area contributed by atoms with Gasteiger partial charge in [0.15, 0.2) is 0 Å². The third-order valence-electron chi connectivity index (χ3n) is 3.15. The summed E-state index contributed by atoms with van der Waals surface area (Å²) in [7, 11) is 0. The Bertz CT molecular complexity index is 444. The average Bonchev–Trinajstić information content (AvgIpc) is 2.45. The van der Waals surface area contributed by atoms with E-state index in [-0.39, 0.29) is 5.54 Å². The zero-order valence-electron chi connectivity index (χ0n) is 12.3. The standard InChI is InChI=1S/C16H23ClN2S/c1-3-10-19-16(2,13-18)9-4-5-11-20-15-8-6-7-14(17)12-15/h6-8,12,19H,3-5,9-11H2,1-2H3. The van der Waals surface area contributed by atoms with Gasteiger partial charge >= 0.3 is 0 Å². The summed E-state index contributed by atoms with van der Waals surface area (Å²) >= 11 is 7.78. The van der Waals surface area contributed by atoms with Crippen molar-refractivity contribution in [1.29, 1.82) is 5.26 Å². The third-order valence-corrected chi connectivity index (χ3v) is 4.46. The van der Waals surface area contributed by atoms with Gasteiger partial charge in [0, 0.05) is 9.92 Å². The molecule has 1 rings (SSSR count). The number of hydrogen-bond acceptors (Lipinski definition) is 3. The SMILES string of the molecule is CCCNC(C)(C#N)CCCCSc1cccc(Cl)c1. The van der Waals surface area contributed by atoms with Gasteiger partial charge in [0.25, 0.3) is 0 Å². The Hall–Kier alpha value is -0.690. The topological polar surface area (TPSA) is 35.8 Å². The molecule has 1 N–H and O–H groups in total. The Morgan fingerprint density at radius 1 is 1.40 bits per heavy atom. The number of thioether (sulfide) groups is 1. The maximum absolute atomic E-state index is 9.24. The first-order chi connectivity index (χ1) is 9.59. The minimum absolute atomic E-state index is 0.378. The highest BCUT2D eigenvalue weighted by Gasteiger charge is 2.21. The molecule has 20 heavy (non-hydrogen) atoms. The molecule has 0 heterocycles. The number of halogens is 1. The number of nitriles is 1. The van der Waals surface area contributed by atoms with E-state index in [0.29, 0.717) is 0 Å². The van der Waals surface area contributed by atoms with Crippen molar-refractivity contribution in [3.63, 3.8) is 0 Å². The van der Waals surface area contributed by atoms with Crippen LogP contribution in [0.4, 0.5) is 0 Å². The Kier molecular flexibility index (Phi) is 8.06. The summed E-state index contributed by atoms with van der Waals surface area (Å²) in [4.78, 5) is 1.21. The first-order valence-corrected chi connectivity index (χ1v) is 8.50. The van der Waals surface area contributed by atoms with Gasteiger partial charge in [-0.2, -0.15) is 5.26 Å². The molecule has 0 spiro atoms. The molecule has 1 aromatic carbocycles. The maximum atomic E-state index is 9.24. The van der Waals surface area contributed by atoms with Crippen molar-refractivity contribution < 1.29 is 0 Å². The van der Waals surface area contributed by atoms with E-state index in [1.54, 1.807) is 0 Å². The molecule has 0 saturated heterocycles. The normalized spacial score (nSPS) is 13.7. The monoisotopic (exact) mass is 310 g/mol. The Morgan fingerprint density at radius 3 is 2.85 bits per heavy atom. The number of unbranched alkanes of at least 4 members (excludes halogenated alkanes) is 1. The lowest BCUT2D eigenvalue weighted by Crippen LogP contribution is -2.41. The molecule has 110 valence electrons. The maximum Gasteiger partial charge on any atom is 0.103 e. The fourth-order valence-corrected chi connectivity index (χ4v) is 3.14. The fourth-order valence-electron chi connectivity index (χ4n) is 1.91. The number of rotatable bonds is 9. The van der Waals surface area contributed by atoms with Crippen molar-refractivity contribution in [1.82, 2.24) is 5.32 Å². The average molecular weight is 311 g/mol. The fraction of sp³-hybridized carbons (Fsp3) is 0.562. The molecule has 0 aliphatic carbocycles. The van der Waals surface area contributed by atoms with Gasteiger partial charge in [-0.3, -0.25) is 5.32 Å². The van der Waals surface area contributed by atoms with Crippen LogP contribution in [0.3, 0.4) is 0 Å². The van der Waals surface area contributed by atoms with Crippen LogP contribution in [0.25, 0.3) is 0 Å². The van der Waals surface area contributed by atoms with Crippen molar-refractivity contribution in [2.75, 3.05) is 12.3 Å². The number of nitrogens with zero attached hydrogens (tertiary/aromatic N) is 1. The van der Waals surface area contributed by atoms with Gasteiger partial charge in [-0.25, -0.2) is 0 Å². The molecule has 1 unspecified atom stereocenters. The predicted molar refractivity (Wildman–Crippen MR) is 88.3 cm³/mol. The molecule has 0 aromatic heterocycles. The molecule has 0 aliphatic heterocycles. The molecule has 0 aliphatic rings. The molecule has 1 atom stereocenters. The van der Waals surface area contributed by atoms with Gasteiger partial charge in [-0.15, -0.1) is 11.8 Å². The zero-order chi connectivity index (χ0) is 14.8. The molecule has 0 radical (unpaired) electrons. The van der Waals surface area contributed by atoms with Gasteiger partial charge in [0.2, 0.25) is 0 Å². The van der Waals surface area contributed by atoms with Crippen molar-refractivity contribution in [2.45, 2.75) is 50.0 Å². The van der Waals surface area contributed by atoms with Crippen LogP contribution in [0, 0.1) is 11.3 Å². The van der Waals surface area contributed by atoms with E-state index in [9.17, 15) is 5.26 Å². The summed E-state index contributed by atoms with van der Waals surface area (Å²) in [6.45, 7) is 5.01. The first kappa shape index (κ1) is 17.4. The van der Waals surface area contributed by atoms with Crippen LogP contribution in [0.1, 0.15) is 39.5 Å². The van der Waals surface area contributed by atoms with Crippen molar-refractivity contribution >= 4 is 23.4 Å².